The molecule has 3 rings (SSSR count). The summed E-state index contributed by atoms with van der Waals surface area (Å²) >= 11 is 0. The Bertz CT molecular complexity index is 683. The molecular weight excluding hydrogens is 340 g/mol. The Hall–Kier alpha value is -1.87. The molecule has 0 spiro atoms. The van der Waals surface area contributed by atoms with Gasteiger partial charge in [-0.15, -0.1) is 0 Å². The van der Waals surface area contributed by atoms with Crippen LogP contribution in [0.4, 0.5) is 0 Å². The molecule has 1 aromatic carbocycles. The number of benzene rings is 1. The van der Waals surface area contributed by atoms with E-state index in [1.165, 1.54) is 12.8 Å². The molecule has 27 heavy (non-hydrogen) atoms. The van der Waals surface area contributed by atoms with E-state index in [9.17, 15) is 9.90 Å². The number of aliphatic hydroxyl groups is 1. The molecular formula is C22H30N2O3. The van der Waals surface area contributed by atoms with Crippen molar-refractivity contribution in [3.05, 3.63) is 35.4 Å². The zero-order chi connectivity index (χ0) is 19.3. The summed E-state index contributed by atoms with van der Waals surface area (Å²) in [5.74, 6) is 5.66. The average molecular weight is 370 g/mol. The Morgan fingerprint density at radius 3 is 2.56 bits per heavy atom. The summed E-state index contributed by atoms with van der Waals surface area (Å²) in [6, 6.07) is 7.44. The molecule has 2 aliphatic heterocycles. The maximum absolute atomic E-state index is 12.5. The van der Waals surface area contributed by atoms with Crippen LogP contribution in [0.25, 0.3) is 0 Å². The lowest BCUT2D eigenvalue weighted by Gasteiger charge is -2.33. The number of rotatable bonds is 4. The van der Waals surface area contributed by atoms with E-state index >= 15 is 0 Å². The number of hydrogen-bond donors (Lipinski definition) is 2. The standard InChI is InChI=1S/C22H30N2O3/c1-22(2,26)12-9-17-5-7-18(8-6-17)21(25)23-19-10-13-24(14-11-19)16-20-4-3-15-27-20/h5-8,19-20,26H,3-4,10-11,13-16H2,1-2H3,(H,23,25)/t20-/m1/s1. The SMILES string of the molecule is CC(C)(O)C#Cc1ccc(C(=O)NC2CCN(C[C@H]3CCCO3)CC2)cc1. The molecule has 2 saturated heterocycles. The summed E-state index contributed by atoms with van der Waals surface area (Å²) in [6.07, 6.45) is 4.71. The third-order valence-electron chi connectivity index (χ3n) is 5.07. The van der Waals surface area contributed by atoms with Crippen LogP contribution in [-0.2, 0) is 4.74 Å². The number of amides is 1. The van der Waals surface area contributed by atoms with Gasteiger partial charge in [0.1, 0.15) is 5.60 Å². The molecule has 0 bridgehead atoms. The van der Waals surface area contributed by atoms with Crippen molar-refractivity contribution in [2.75, 3.05) is 26.2 Å². The van der Waals surface area contributed by atoms with Crippen LogP contribution < -0.4 is 5.32 Å². The van der Waals surface area contributed by atoms with E-state index < -0.39 is 5.60 Å². The zero-order valence-corrected chi connectivity index (χ0v) is 16.3. The number of likely N-dealkylation sites (tertiary alicyclic amines) is 1. The van der Waals surface area contributed by atoms with E-state index in [1.807, 2.05) is 12.1 Å². The Balaban J connectivity index is 1.45. The second-order valence-electron chi connectivity index (χ2n) is 8.07. The topological polar surface area (TPSA) is 61.8 Å². The van der Waals surface area contributed by atoms with Crippen molar-refractivity contribution in [2.45, 2.75) is 57.3 Å². The molecule has 146 valence electrons. The molecule has 1 amide bonds. The van der Waals surface area contributed by atoms with Gasteiger partial charge in [-0.25, -0.2) is 0 Å². The van der Waals surface area contributed by atoms with E-state index in [1.54, 1.807) is 26.0 Å². The molecule has 5 nitrogen and oxygen atoms in total. The van der Waals surface area contributed by atoms with Gasteiger partial charge >= 0.3 is 0 Å². The fourth-order valence-corrected chi connectivity index (χ4v) is 3.53. The summed E-state index contributed by atoms with van der Waals surface area (Å²) in [6.45, 7) is 7.24. The van der Waals surface area contributed by atoms with Gasteiger partial charge in [0.15, 0.2) is 0 Å². The lowest BCUT2D eigenvalue weighted by atomic mass is 10.0. The number of nitrogens with one attached hydrogen (secondary N) is 1. The van der Waals surface area contributed by atoms with Gasteiger partial charge in [0.05, 0.1) is 6.10 Å². The smallest absolute Gasteiger partial charge is 0.251 e. The van der Waals surface area contributed by atoms with Crippen LogP contribution in [0.15, 0.2) is 24.3 Å². The van der Waals surface area contributed by atoms with Gasteiger partial charge in [-0.05, 0) is 63.8 Å². The van der Waals surface area contributed by atoms with Crippen molar-refractivity contribution in [3.8, 4) is 11.8 Å². The van der Waals surface area contributed by atoms with Crippen LogP contribution in [0.5, 0.6) is 0 Å². The Morgan fingerprint density at radius 2 is 1.96 bits per heavy atom. The normalized spacial score (nSPS) is 21.5. The molecule has 1 aromatic rings. The van der Waals surface area contributed by atoms with Crippen LogP contribution in [0, 0.1) is 11.8 Å². The Morgan fingerprint density at radius 1 is 1.26 bits per heavy atom. The average Bonchev–Trinajstić information content (AvgIpc) is 3.14. The summed E-state index contributed by atoms with van der Waals surface area (Å²) in [4.78, 5) is 14.9. The lowest BCUT2D eigenvalue weighted by Crippen LogP contribution is -2.46. The number of hydrogen-bond acceptors (Lipinski definition) is 4. The fraction of sp³-hybridized carbons (Fsp3) is 0.591. The minimum absolute atomic E-state index is 0.0328. The highest BCUT2D eigenvalue weighted by Crippen LogP contribution is 2.17. The fourth-order valence-electron chi connectivity index (χ4n) is 3.53. The lowest BCUT2D eigenvalue weighted by molar-refractivity contribution is 0.0613. The maximum atomic E-state index is 12.5. The molecule has 0 radical (unpaired) electrons. The van der Waals surface area contributed by atoms with Gasteiger partial charge in [0.2, 0.25) is 0 Å². The maximum Gasteiger partial charge on any atom is 0.251 e. The van der Waals surface area contributed by atoms with Gasteiger partial charge in [-0.2, -0.15) is 0 Å². The summed E-state index contributed by atoms with van der Waals surface area (Å²) in [5.41, 5.74) is 0.413. The molecule has 2 N–H and O–H groups in total. The van der Waals surface area contributed by atoms with E-state index in [2.05, 4.69) is 22.1 Å². The number of carbonyl (C=O) groups excluding carboxylic acids is 1. The summed E-state index contributed by atoms with van der Waals surface area (Å²) < 4.78 is 5.72. The van der Waals surface area contributed by atoms with Crippen molar-refractivity contribution in [3.63, 3.8) is 0 Å². The quantitative estimate of drug-likeness (QED) is 0.798. The predicted octanol–water partition coefficient (Wildman–Crippen LogP) is 2.18. The minimum Gasteiger partial charge on any atom is -0.378 e. The number of piperidine rings is 1. The number of carbonyl (C=O) groups is 1. The minimum atomic E-state index is -1.02. The number of nitrogens with zero attached hydrogens (tertiary/aromatic N) is 1. The van der Waals surface area contributed by atoms with Gasteiger partial charge in [0, 0.05) is 43.4 Å². The molecule has 0 saturated carbocycles. The van der Waals surface area contributed by atoms with Crippen LogP contribution in [0.3, 0.4) is 0 Å². The van der Waals surface area contributed by atoms with Crippen LogP contribution in [0.2, 0.25) is 0 Å². The first-order chi connectivity index (χ1) is 12.9. The molecule has 2 fully saturated rings. The van der Waals surface area contributed by atoms with E-state index in [0.29, 0.717) is 11.7 Å². The first-order valence-electron chi connectivity index (χ1n) is 9.89. The second-order valence-corrected chi connectivity index (χ2v) is 8.07. The van der Waals surface area contributed by atoms with E-state index in [4.69, 9.17) is 4.74 Å². The largest absolute Gasteiger partial charge is 0.378 e. The molecule has 0 unspecified atom stereocenters. The zero-order valence-electron chi connectivity index (χ0n) is 16.3. The second kappa shape index (κ2) is 8.88. The summed E-state index contributed by atoms with van der Waals surface area (Å²) in [5, 5.41) is 12.8. The van der Waals surface area contributed by atoms with Crippen molar-refractivity contribution < 1.29 is 14.6 Å². The predicted molar refractivity (Wildman–Crippen MR) is 106 cm³/mol. The van der Waals surface area contributed by atoms with E-state index in [-0.39, 0.29) is 11.9 Å². The third kappa shape index (κ3) is 6.35. The van der Waals surface area contributed by atoms with Crippen LogP contribution in [0.1, 0.15) is 55.5 Å². The van der Waals surface area contributed by atoms with Crippen molar-refractivity contribution in [1.82, 2.24) is 10.2 Å². The van der Waals surface area contributed by atoms with Crippen molar-refractivity contribution in [1.29, 1.82) is 0 Å². The highest BCUT2D eigenvalue weighted by molar-refractivity contribution is 5.94. The van der Waals surface area contributed by atoms with Gasteiger partial charge in [-0.1, -0.05) is 11.8 Å². The molecule has 1 atom stereocenters. The van der Waals surface area contributed by atoms with Gasteiger partial charge < -0.3 is 20.1 Å². The first-order valence-corrected chi connectivity index (χ1v) is 9.89. The van der Waals surface area contributed by atoms with E-state index in [0.717, 1.165) is 44.6 Å². The Kier molecular flexibility index (Phi) is 6.54. The van der Waals surface area contributed by atoms with Crippen LogP contribution >= 0.6 is 0 Å². The number of ether oxygens (including phenoxy) is 1. The van der Waals surface area contributed by atoms with Crippen molar-refractivity contribution in [2.24, 2.45) is 0 Å². The molecule has 2 aliphatic rings. The molecule has 2 heterocycles. The highest BCUT2D eigenvalue weighted by atomic mass is 16.5. The van der Waals surface area contributed by atoms with Crippen molar-refractivity contribution >= 4 is 5.91 Å². The first kappa shape index (κ1) is 19.9. The molecule has 5 heteroatoms. The third-order valence-corrected chi connectivity index (χ3v) is 5.07. The summed E-state index contributed by atoms with van der Waals surface area (Å²) in [7, 11) is 0. The monoisotopic (exact) mass is 370 g/mol. The molecule has 0 aromatic heterocycles. The molecule has 0 aliphatic carbocycles. The highest BCUT2D eigenvalue weighted by Gasteiger charge is 2.24. The van der Waals surface area contributed by atoms with Crippen LogP contribution in [-0.4, -0.2) is 59.9 Å². The Labute approximate surface area is 162 Å². The van der Waals surface area contributed by atoms with Gasteiger partial charge in [-0.3, -0.25) is 4.79 Å². The van der Waals surface area contributed by atoms with Gasteiger partial charge in [0.25, 0.3) is 5.91 Å².